The molecule has 0 radical (unpaired) electrons. The lowest BCUT2D eigenvalue weighted by molar-refractivity contribution is -0.387. The molecule has 0 saturated heterocycles. The Hall–Kier alpha value is -3.15. The Kier molecular flexibility index (Phi) is 6.47. The van der Waals surface area contributed by atoms with Crippen molar-refractivity contribution in [3.05, 3.63) is 64.2 Å². The van der Waals surface area contributed by atoms with Gasteiger partial charge < -0.3 is 4.74 Å². The maximum absolute atomic E-state index is 13.1. The van der Waals surface area contributed by atoms with E-state index < -0.39 is 49.8 Å². The van der Waals surface area contributed by atoms with Crippen LogP contribution in [0.2, 0.25) is 0 Å². The zero-order valence-electron chi connectivity index (χ0n) is 14.9. The maximum atomic E-state index is 13.1. The van der Waals surface area contributed by atoms with Crippen LogP contribution in [0.4, 0.5) is 24.5 Å². The van der Waals surface area contributed by atoms with E-state index in [0.717, 1.165) is 24.3 Å². The number of nitrogens with zero attached hydrogens (tertiary/aromatic N) is 2. The highest BCUT2D eigenvalue weighted by molar-refractivity contribution is 7.93. The van der Waals surface area contributed by atoms with E-state index in [4.69, 9.17) is 4.74 Å². The first-order valence-electron chi connectivity index (χ1n) is 8.07. The summed E-state index contributed by atoms with van der Waals surface area (Å²) in [4.78, 5) is 21.5. The van der Waals surface area contributed by atoms with Crippen molar-refractivity contribution in [1.29, 1.82) is 0 Å². The van der Waals surface area contributed by atoms with E-state index in [1.165, 1.54) is 19.1 Å². The summed E-state index contributed by atoms with van der Waals surface area (Å²) in [6.45, 7) is 0.537. The number of esters is 1. The molecule has 0 fully saturated rings. The fourth-order valence-corrected chi connectivity index (χ4v) is 3.97. The van der Waals surface area contributed by atoms with Gasteiger partial charge in [0, 0.05) is 6.07 Å². The summed E-state index contributed by atoms with van der Waals surface area (Å²) in [7, 11) is -4.68. The van der Waals surface area contributed by atoms with Crippen LogP contribution in [0.1, 0.15) is 12.5 Å². The van der Waals surface area contributed by atoms with Crippen molar-refractivity contribution >= 4 is 27.4 Å². The number of hydrogen-bond donors (Lipinski definition) is 0. The van der Waals surface area contributed by atoms with Crippen molar-refractivity contribution in [1.82, 2.24) is 0 Å². The summed E-state index contributed by atoms with van der Waals surface area (Å²) >= 11 is 0. The third kappa shape index (κ3) is 5.02. The molecule has 0 aliphatic rings. The lowest BCUT2D eigenvalue weighted by atomic mass is 10.2. The van der Waals surface area contributed by atoms with Crippen LogP contribution < -0.4 is 4.31 Å². The SMILES string of the molecule is CCOC(=O)CN(c1ccc(C(F)(F)F)cc1)S(=O)(=O)c1ccccc1[N+](=O)[O-]. The summed E-state index contributed by atoms with van der Waals surface area (Å²) in [5, 5.41) is 11.2. The summed E-state index contributed by atoms with van der Waals surface area (Å²) < 4.78 is 69.7. The molecular weight excluding hydrogens is 417 g/mol. The molecule has 8 nitrogen and oxygen atoms in total. The number of sulfonamides is 1. The highest BCUT2D eigenvalue weighted by Gasteiger charge is 2.35. The molecule has 2 rings (SSSR count). The molecule has 0 unspecified atom stereocenters. The molecule has 29 heavy (non-hydrogen) atoms. The lowest BCUT2D eigenvalue weighted by Gasteiger charge is -2.23. The first kappa shape index (κ1) is 22.1. The minimum atomic E-state index is -4.68. The maximum Gasteiger partial charge on any atom is 0.416 e. The minimum absolute atomic E-state index is 0.0643. The molecule has 0 aliphatic heterocycles. The molecule has 0 bridgehead atoms. The van der Waals surface area contributed by atoms with Gasteiger partial charge in [0.2, 0.25) is 0 Å². The van der Waals surface area contributed by atoms with Gasteiger partial charge >= 0.3 is 12.1 Å². The number of ether oxygens (including phenoxy) is 1. The van der Waals surface area contributed by atoms with Gasteiger partial charge in [-0.15, -0.1) is 0 Å². The Morgan fingerprint density at radius 2 is 1.72 bits per heavy atom. The number of benzene rings is 2. The van der Waals surface area contributed by atoms with Crippen molar-refractivity contribution in [3.8, 4) is 0 Å². The zero-order valence-corrected chi connectivity index (χ0v) is 15.7. The number of carbonyl (C=O) groups is 1. The molecule has 0 heterocycles. The number of anilines is 1. The summed E-state index contributed by atoms with van der Waals surface area (Å²) in [5.41, 5.74) is -2.06. The Morgan fingerprint density at radius 3 is 2.24 bits per heavy atom. The summed E-state index contributed by atoms with van der Waals surface area (Å²) in [5.74, 6) is -0.977. The molecule has 0 amide bonds. The Balaban J connectivity index is 2.59. The number of nitro groups is 1. The topological polar surface area (TPSA) is 107 Å². The fourth-order valence-electron chi connectivity index (χ4n) is 2.40. The van der Waals surface area contributed by atoms with E-state index in [1.54, 1.807) is 0 Å². The Labute approximate surface area is 163 Å². The average molecular weight is 432 g/mol. The van der Waals surface area contributed by atoms with Crippen LogP contribution in [-0.2, 0) is 25.7 Å². The molecule has 0 spiro atoms. The van der Waals surface area contributed by atoms with Gasteiger partial charge in [-0.2, -0.15) is 13.2 Å². The van der Waals surface area contributed by atoms with Crippen LogP contribution >= 0.6 is 0 Å². The van der Waals surface area contributed by atoms with Gasteiger partial charge in [-0.25, -0.2) is 8.42 Å². The van der Waals surface area contributed by atoms with E-state index in [2.05, 4.69) is 0 Å². The summed E-state index contributed by atoms with van der Waals surface area (Å²) in [6, 6.07) is 7.42. The molecule has 0 aromatic heterocycles. The van der Waals surface area contributed by atoms with Gasteiger partial charge in [-0.3, -0.25) is 19.2 Å². The molecule has 2 aromatic carbocycles. The minimum Gasteiger partial charge on any atom is -0.465 e. The van der Waals surface area contributed by atoms with E-state index in [-0.39, 0.29) is 12.3 Å². The van der Waals surface area contributed by atoms with Crippen LogP contribution in [0.5, 0.6) is 0 Å². The molecule has 0 saturated carbocycles. The third-order valence-electron chi connectivity index (χ3n) is 3.69. The lowest BCUT2D eigenvalue weighted by Crippen LogP contribution is -2.37. The number of carbonyl (C=O) groups excluding carboxylic acids is 1. The quantitative estimate of drug-likeness (QED) is 0.377. The van der Waals surface area contributed by atoms with Crippen molar-refractivity contribution in [2.75, 3.05) is 17.5 Å². The normalized spacial score (nSPS) is 11.7. The highest BCUT2D eigenvalue weighted by Crippen LogP contribution is 2.33. The molecule has 156 valence electrons. The second-order valence-corrected chi connectivity index (χ2v) is 7.42. The van der Waals surface area contributed by atoms with Crippen LogP contribution in [0, 0.1) is 10.1 Å². The first-order chi connectivity index (χ1) is 13.5. The van der Waals surface area contributed by atoms with Crippen molar-refractivity contribution < 1.29 is 36.0 Å². The van der Waals surface area contributed by atoms with E-state index in [9.17, 15) is 36.5 Å². The Morgan fingerprint density at radius 1 is 1.14 bits per heavy atom. The van der Waals surface area contributed by atoms with Crippen LogP contribution in [0.25, 0.3) is 0 Å². The van der Waals surface area contributed by atoms with Crippen molar-refractivity contribution in [2.45, 2.75) is 18.0 Å². The number of alkyl halides is 3. The molecule has 12 heteroatoms. The van der Waals surface area contributed by atoms with Crippen LogP contribution in [-0.4, -0.2) is 32.5 Å². The van der Waals surface area contributed by atoms with Crippen LogP contribution in [0.15, 0.2) is 53.4 Å². The van der Waals surface area contributed by atoms with Gasteiger partial charge in [0.1, 0.15) is 6.54 Å². The highest BCUT2D eigenvalue weighted by atomic mass is 32.2. The third-order valence-corrected chi connectivity index (χ3v) is 5.51. The van der Waals surface area contributed by atoms with Crippen molar-refractivity contribution in [3.63, 3.8) is 0 Å². The van der Waals surface area contributed by atoms with Crippen molar-refractivity contribution in [2.24, 2.45) is 0 Å². The number of para-hydroxylation sites is 1. The fraction of sp³-hybridized carbons (Fsp3) is 0.235. The van der Waals surface area contributed by atoms with Gasteiger partial charge in [-0.1, -0.05) is 12.1 Å². The predicted molar refractivity (Wildman–Crippen MR) is 95.7 cm³/mol. The monoisotopic (exact) mass is 432 g/mol. The second-order valence-electron chi connectivity index (χ2n) is 5.59. The standard InChI is InChI=1S/C17H15F3N2O6S/c1-2-28-16(23)11-21(13-9-7-12(8-10-13)17(18,19)20)29(26,27)15-6-4-3-5-14(15)22(24)25/h3-10H,2,11H2,1H3. The van der Waals surface area contributed by atoms with Gasteiger partial charge in [0.05, 0.1) is 22.8 Å². The van der Waals surface area contributed by atoms with E-state index in [1.807, 2.05) is 0 Å². The predicted octanol–water partition coefficient (Wildman–Crippen LogP) is 3.37. The number of rotatable bonds is 7. The molecule has 0 N–H and O–H groups in total. The largest absolute Gasteiger partial charge is 0.465 e. The molecular formula is C17H15F3N2O6S. The number of hydrogen-bond acceptors (Lipinski definition) is 6. The van der Waals surface area contributed by atoms with E-state index >= 15 is 0 Å². The number of halogens is 3. The molecule has 0 atom stereocenters. The molecule has 0 aliphatic carbocycles. The smallest absolute Gasteiger partial charge is 0.416 e. The Bertz CT molecular complexity index is 1010. The average Bonchev–Trinajstić information content (AvgIpc) is 2.65. The molecule has 2 aromatic rings. The second kappa shape index (κ2) is 8.47. The van der Waals surface area contributed by atoms with Gasteiger partial charge in [0.25, 0.3) is 15.7 Å². The zero-order chi connectivity index (χ0) is 21.8. The van der Waals surface area contributed by atoms with Gasteiger partial charge in [-0.05, 0) is 37.3 Å². The first-order valence-corrected chi connectivity index (χ1v) is 9.51. The van der Waals surface area contributed by atoms with Gasteiger partial charge in [0.15, 0.2) is 4.90 Å². The van der Waals surface area contributed by atoms with E-state index in [0.29, 0.717) is 16.4 Å². The van der Waals surface area contributed by atoms with Crippen LogP contribution in [0.3, 0.4) is 0 Å². The number of nitro benzene ring substituents is 1. The summed E-state index contributed by atoms with van der Waals surface area (Å²) in [6.07, 6.45) is -4.65.